The Morgan fingerprint density at radius 3 is 2.67 bits per heavy atom. The summed E-state index contributed by atoms with van der Waals surface area (Å²) in [6, 6.07) is 17.1. The normalized spacial score (nSPS) is 10.3. The van der Waals surface area contributed by atoms with Crippen LogP contribution in [0.25, 0.3) is 11.3 Å². The third-order valence-electron chi connectivity index (χ3n) is 4.14. The lowest BCUT2D eigenvalue weighted by Gasteiger charge is -2.08. The standard InChI is InChI=1S/C22H17ClFN3O2S/c1-29-17-6-2-14(3-7-17)20-9-4-15(13-25)22(27-20)30-11-10-21(28)26-16-5-8-19(24)18(23)12-16/h2-9,12H,10-11H2,1H3,(H,26,28). The van der Waals surface area contributed by atoms with Gasteiger partial charge >= 0.3 is 0 Å². The maximum atomic E-state index is 13.2. The number of halogens is 2. The molecule has 0 fully saturated rings. The van der Waals surface area contributed by atoms with Crippen molar-refractivity contribution in [3.8, 4) is 23.1 Å². The van der Waals surface area contributed by atoms with E-state index in [0.29, 0.717) is 22.0 Å². The summed E-state index contributed by atoms with van der Waals surface area (Å²) in [6.07, 6.45) is 0.193. The average molecular weight is 442 g/mol. The second kappa shape index (κ2) is 10.1. The van der Waals surface area contributed by atoms with E-state index in [9.17, 15) is 14.4 Å². The number of amides is 1. The van der Waals surface area contributed by atoms with Gasteiger partial charge in [-0.3, -0.25) is 4.79 Å². The van der Waals surface area contributed by atoms with E-state index < -0.39 is 5.82 Å². The summed E-state index contributed by atoms with van der Waals surface area (Å²) in [4.78, 5) is 16.7. The van der Waals surface area contributed by atoms with Crippen LogP contribution < -0.4 is 10.1 Å². The van der Waals surface area contributed by atoms with Crippen LogP contribution in [0.5, 0.6) is 5.75 Å². The molecule has 0 bridgehead atoms. The Bertz CT molecular complexity index is 1100. The summed E-state index contributed by atoms with van der Waals surface area (Å²) < 4.78 is 18.4. The number of nitrogens with zero attached hydrogens (tertiary/aromatic N) is 2. The van der Waals surface area contributed by atoms with Gasteiger partial charge in [0.1, 0.15) is 22.7 Å². The van der Waals surface area contributed by atoms with E-state index in [-0.39, 0.29) is 17.4 Å². The van der Waals surface area contributed by atoms with Crippen molar-refractivity contribution in [2.45, 2.75) is 11.4 Å². The minimum absolute atomic E-state index is 0.0552. The smallest absolute Gasteiger partial charge is 0.225 e. The Kier molecular flexibility index (Phi) is 7.28. The van der Waals surface area contributed by atoms with Crippen molar-refractivity contribution in [1.82, 2.24) is 4.98 Å². The van der Waals surface area contributed by atoms with Crippen LogP contribution in [0.4, 0.5) is 10.1 Å². The molecule has 1 amide bonds. The van der Waals surface area contributed by atoms with Gasteiger partial charge in [0.25, 0.3) is 0 Å². The first-order valence-electron chi connectivity index (χ1n) is 8.93. The number of hydrogen-bond acceptors (Lipinski definition) is 5. The number of carbonyl (C=O) groups is 1. The lowest BCUT2D eigenvalue weighted by atomic mass is 10.1. The molecule has 0 atom stereocenters. The quantitative estimate of drug-likeness (QED) is 0.487. The van der Waals surface area contributed by atoms with Crippen LogP contribution in [0.3, 0.4) is 0 Å². The van der Waals surface area contributed by atoms with Gasteiger partial charge in [0, 0.05) is 23.4 Å². The summed E-state index contributed by atoms with van der Waals surface area (Å²) in [5.74, 6) is 0.386. The van der Waals surface area contributed by atoms with Gasteiger partial charge in [0.2, 0.25) is 5.91 Å². The number of nitrogens with one attached hydrogen (secondary N) is 1. The highest BCUT2D eigenvalue weighted by molar-refractivity contribution is 7.99. The minimum atomic E-state index is -0.544. The number of pyridine rings is 1. The number of ether oxygens (including phenoxy) is 1. The fourth-order valence-corrected chi connectivity index (χ4v) is 3.69. The Morgan fingerprint density at radius 2 is 2.00 bits per heavy atom. The van der Waals surface area contributed by atoms with Crippen LogP contribution in [0.2, 0.25) is 5.02 Å². The van der Waals surface area contributed by atoms with E-state index in [1.54, 1.807) is 19.2 Å². The number of carbonyl (C=O) groups excluding carboxylic acids is 1. The number of nitriles is 1. The van der Waals surface area contributed by atoms with Crippen molar-refractivity contribution in [1.29, 1.82) is 5.26 Å². The molecule has 0 aliphatic carbocycles. The lowest BCUT2D eigenvalue weighted by molar-refractivity contribution is -0.115. The van der Waals surface area contributed by atoms with E-state index in [2.05, 4.69) is 16.4 Å². The molecule has 0 unspecified atom stereocenters. The van der Waals surface area contributed by atoms with Crippen LogP contribution in [-0.4, -0.2) is 23.8 Å². The molecular weight excluding hydrogens is 425 g/mol. The fourth-order valence-electron chi connectivity index (χ4n) is 2.60. The summed E-state index contributed by atoms with van der Waals surface area (Å²) in [5, 5.41) is 12.5. The monoisotopic (exact) mass is 441 g/mol. The predicted molar refractivity (Wildman–Crippen MR) is 116 cm³/mol. The van der Waals surface area contributed by atoms with E-state index in [1.807, 2.05) is 24.3 Å². The number of anilines is 1. The van der Waals surface area contributed by atoms with Crippen LogP contribution in [0.1, 0.15) is 12.0 Å². The first kappa shape index (κ1) is 21.6. The number of aromatic nitrogens is 1. The van der Waals surface area contributed by atoms with Gasteiger partial charge in [-0.25, -0.2) is 9.37 Å². The molecule has 0 saturated heterocycles. The zero-order valence-corrected chi connectivity index (χ0v) is 17.6. The molecule has 0 aliphatic heterocycles. The zero-order valence-electron chi connectivity index (χ0n) is 16.0. The van der Waals surface area contributed by atoms with Crippen LogP contribution >= 0.6 is 23.4 Å². The van der Waals surface area contributed by atoms with Gasteiger partial charge in [-0.05, 0) is 54.6 Å². The summed E-state index contributed by atoms with van der Waals surface area (Å²) in [5.41, 5.74) is 2.49. The summed E-state index contributed by atoms with van der Waals surface area (Å²) >= 11 is 7.05. The van der Waals surface area contributed by atoms with Crippen molar-refractivity contribution in [2.24, 2.45) is 0 Å². The molecule has 0 saturated carbocycles. The zero-order chi connectivity index (χ0) is 21.5. The van der Waals surface area contributed by atoms with Crippen LogP contribution in [0.15, 0.2) is 59.6 Å². The fraction of sp³-hybridized carbons (Fsp3) is 0.136. The number of rotatable bonds is 7. The highest BCUT2D eigenvalue weighted by atomic mass is 35.5. The van der Waals surface area contributed by atoms with Gasteiger partial charge < -0.3 is 10.1 Å². The van der Waals surface area contributed by atoms with Crippen molar-refractivity contribution in [2.75, 3.05) is 18.2 Å². The molecule has 3 rings (SSSR count). The van der Waals surface area contributed by atoms with Gasteiger partial charge in [-0.2, -0.15) is 5.26 Å². The topological polar surface area (TPSA) is 75.0 Å². The Hall–Kier alpha value is -3.08. The molecule has 3 aromatic rings. The lowest BCUT2D eigenvalue weighted by Crippen LogP contribution is -2.12. The molecule has 0 spiro atoms. The van der Waals surface area contributed by atoms with Gasteiger partial charge in [0.15, 0.2) is 0 Å². The molecule has 8 heteroatoms. The first-order chi connectivity index (χ1) is 14.5. The summed E-state index contributed by atoms with van der Waals surface area (Å²) in [6.45, 7) is 0. The third kappa shape index (κ3) is 5.50. The number of hydrogen-bond donors (Lipinski definition) is 1. The Balaban J connectivity index is 1.64. The highest BCUT2D eigenvalue weighted by Gasteiger charge is 2.10. The average Bonchev–Trinajstić information content (AvgIpc) is 2.76. The molecule has 1 aromatic heterocycles. The number of methoxy groups -OCH3 is 1. The highest BCUT2D eigenvalue weighted by Crippen LogP contribution is 2.27. The van der Waals surface area contributed by atoms with Crippen molar-refractivity contribution >= 4 is 35.0 Å². The van der Waals surface area contributed by atoms with Gasteiger partial charge in [-0.15, -0.1) is 11.8 Å². The molecule has 2 aromatic carbocycles. The van der Waals surface area contributed by atoms with Crippen molar-refractivity contribution in [3.05, 3.63) is 71.0 Å². The second-order valence-corrected chi connectivity index (χ2v) is 7.66. The van der Waals surface area contributed by atoms with E-state index >= 15 is 0 Å². The van der Waals surface area contributed by atoms with Crippen molar-refractivity contribution in [3.63, 3.8) is 0 Å². The minimum Gasteiger partial charge on any atom is -0.497 e. The molecule has 30 heavy (non-hydrogen) atoms. The van der Waals surface area contributed by atoms with Crippen molar-refractivity contribution < 1.29 is 13.9 Å². The third-order valence-corrected chi connectivity index (χ3v) is 5.42. The molecular formula is C22H17ClFN3O2S. The second-order valence-electron chi connectivity index (χ2n) is 6.17. The van der Waals surface area contributed by atoms with Crippen LogP contribution in [-0.2, 0) is 4.79 Å². The molecule has 0 radical (unpaired) electrons. The number of thioether (sulfide) groups is 1. The maximum Gasteiger partial charge on any atom is 0.225 e. The largest absolute Gasteiger partial charge is 0.497 e. The van der Waals surface area contributed by atoms with E-state index in [1.165, 1.54) is 30.0 Å². The summed E-state index contributed by atoms with van der Waals surface area (Å²) in [7, 11) is 1.60. The first-order valence-corrected chi connectivity index (χ1v) is 10.3. The van der Waals surface area contributed by atoms with Gasteiger partial charge in [0.05, 0.1) is 23.4 Å². The SMILES string of the molecule is COc1ccc(-c2ccc(C#N)c(SCCC(=O)Nc3ccc(F)c(Cl)c3)n2)cc1. The Morgan fingerprint density at radius 1 is 1.23 bits per heavy atom. The molecule has 0 aliphatic rings. The predicted octanol–water partition coefficient (Wildman–Crippen LogP) is 5.54. The Labute approximate surface area is 182 Å². The maximum absolute atomic E-state index is 13.2. The van der Waals surface area contributed by atoms with E-state index in [4.69, 9.17) is 16.3 Å². The number of benzene rings is 2. The van der Waals surface area contributed by atoms with Gasteiger partial charge in [-0.1, -0.05) is 11.6 Å². The molecule has 152 valence electrons. The molecule has 5 nitrogen and oxygen atoms in total. The van der Waals surface area contributed by atoms with Crippen LogP contribution in [0, 0.1) is 17.1 Å². The van der Waals surface area contributed by atoms with E-state index in [0.717, 1.165) is 17.0 Å². The molecule has 1 N–H and O–H groups in total. The molecule has 1 heterocycles.